The fourth-order valence-corrected chi connectivity index (χ4v) is 3.25. The molecule has 2 unspecified atom stereocenters. The summed E-state index contributed by atoms with van der Waals surface area (Å²) >= 11 is 1.76. The first-order valence-corrected chi connectivity index (χ1v) is 7.90. The first-order chi connectivity index (χ1) is 8.91. The normalized spacial score (nSPS) is 22.2. The van der Waals surface area contributed by atoms with Crippen LogP contribution in [0.25, 0.3) is 0 Å². The molecule has 1 fully saturated rings. The summed E-state index contributed by atoms with van der Waals surface area (Å²) in [4.78, 5) is 25.0. The van der Waals surface area contributed by atoms with Crippen molar-refractivity contribution in [3.63, 3.8) is 0 Å². The number of aliphatic carboxylic acids is 1. The molecule has 1 amide bonds. The summed E-state index contributed by atoms with van der Waals surface area (Å²) in [6, 6.07) is -0.306. The fourth-order valence-electron chi connectivity index (χ4n) is 2.16. The van der Waals surface area contributed by atoms with Crippen molar-refractivity contribution in [3.05, 3.63) is 0 Å². The lowest BCUT2D eigenvalue weighted by Gasteiger charge is -2.38. The van der Waals surface area contributed by atoms with Crippen molar-refractivity contribution >= 4 is 23.6 Å². The zero-order valence-electron chi connectivity index (χ0n) is 11.9. The predicted molar refractivity (Wildman–Crippen MR) is 77.4 cm³/mol. The quantitative estimate of drug-likeness (QED) is 0.764. The van der Waals surface area contributed by atoms with Crippen LogP contribution in [0, 0.1) is 5.92 Å². The minimum Gasteiger partial charge on any atom is -0.481 e. The summed E-state index contributed by atoms with van der Waals surface area (Å²) in [5, 5.41) is 11.9. The molecule has 6 heteroatoms. The molecule has 1 rings (SSSR count). The van der Waals surface area contributed by atoms with Gasteiger partial charge in [-0.05, 0) is 12.8 Å². The van der Waals surface area contributed by atoms with Gasteiger partial charge in [0.2, 0.25) is 5.91 Å². The molecule has 110 valence electrons. The van der Waals surface area contributed by atoms with Crippen LogP contribution < -0.4 is 5.32 Å². The number of nitrogens with one attached hydrogen (secondary N) is 1. The number of nitrogens with zero attached hydrogens (tertiary/aromatic N) is 1. The molecule has 0 radical (unpaired) electrons. The van der Waals surface area contributed by atoms with Crippen molar-refractivity contribution < 1.29 is 14.7 Å². The second kappa shape index (κ2) is 7.75. The van der Waals surface area contributed by atoms with E-state index in [2.05, 4.69) is 19.2 Å². The van der Waals surface area contributed by atoms with Gasteiger partial charge in [0.15, 0.2) is 0 Å². The van der Waals surface area contributed by atoms with Crippen LogP contribution in [0.5, 0.6) is 0 Å². The van der Waals surface area contributed by atoms with Crippen LogP contribution in [0.1, 0.15) is 27.2 Å². The Labute approximate surface area is 119 Å². The fraction of sp³-hybridized carbons (Fsp3) is 0.846. The van der Waals surface area contributed by atoms with Crippen molar-refractivity contribution in [2.24, 2.45) is 5.92 Å². The van der Waals surface area contributed by atoms with E-state index in [1.54, 1.807) is 11.8 Å². The van der Waals surface area contributed by atoms with Gasteiger partial charge in [0.1, 0.15) is 0 Å². The van der Waals surface area contributed by atoms with E-state index < -0.39 is 5.97 Å². The number of carbonyl (C=O) groups is 2. The molecule has 2 N–H and O–H groups in total. The van der Waals surface area contributed by atoms with Gasteiger partial charge >= 0.3 is 5.97 Å². The third kappa shape index (κ3) is 5.40. The molecule has 5 nitrogen and oxygen atoms in total. The van der Waals surface area contributed by atoms with Crippen LogP contribution >= 0.6 is 11.8 Å². The molecule has 1 heterocycles. The number of carboxylic acids is 1. The van der Waals surface area contributed by atoms with Gasteiger partial charge in [-0.1, -0.05) is 13.8 Å². The lowest BCUT2D eigenvalue weighted by molar-refractivity contribution is -0.139. The Kier molecular flexibility index (Phi) is 6.65. The number of carbonyl (C=O) groups excluding carboxylic acids is 1. The molecule has 0 aromatic rings. The zero-order valence-corrected chi connectivity index (χ0v) is 12.7. The Morgan fingerprint density at radius 3 is 2.68 bits per heavy atom. The molecule has 0 bridgehead atoms. The smallest absolute Gasteiger partial charge is 0.304 e. The van der Waals surface area contributed by atoms with Gasteiger partial charge in [-0.15, -0.1) is 0 Å². The molecule has 0 aromatic carbocycles. The highest BCUT2D eigenvalue weighted by atomic mass is 32.2. The topological polar surface area (TPSA) is 69.6 Å². The van der Waals surface area contributed by atoms with E-state index in [0.29, 0.717) is 12.5 Å². The van der Waals surface area contributed by atoms with Crippen LogP contribution in [0.3, 0.4) is 0 Å². The average Bonchev–Trinajstić information content (AvgIpc) is 2.35. The Bertz CT molecular complexity index is 323. The molecular weight excluding hydrogens is 264 g/mol. The average molecular weight is 288 g/mol. The minimum atomic E-state index is -0.799. The van der Waals surface area contributed by atoms with Crippen molar-refractivity contribution in [2.45, 2.75) is 39.3 Å². The molecule has 1 aliphatic rings. The van der Waals surface area contributed by atoms with Crippen molar-refractivity contribution in [1.29, 1.82) is 0 Å². The standard InChI is InChI=1S/C13H24N2O3S/c1-9(2)7-14-13(18)10(3)15-4-5-19-8-11(15)6-12(16)17/h9-11H,4-8H2,1-3H3,(H,14,18)(H,16,17). The Hall–Kier alpha value is -0.750. The van der Waals surface area contributed by atoms with Gasteiger partial charge in [-0.2, -0.15) is 11.8 Å². The van der Waals surface area contributed by atoms with Gasteiger partial charge in [0, 0.05) is 30.6 Å². The van der Waals surface area contributed by atoms with E-state index in [-0.39, 0.29) is 24.4 Å². The van der Waals surface area contributed by atoms with Gasteiger partial charge in [-0.25, -0.2) is 0 Å². The maximum atomic E-state index is 12.1. The third-order valence-electron chi connectivity index (χ3n) is 3.24. The van der Waals surface area contributed by atoms with Crippen LogP contribution in [-0.4, -0.2) is 58.6 Å². The number of rotatable bonds is 6. The number of hydrogen-bond donors (Lipinski definition) is 2. The van der Waals surface area contributed by atoms with E-state index in [0.717, 1.165) is 18.1 Å². The van der Waals surface area contributed by atoms with Gasteiger partial charge < -0.3 is 10.4 Å². The lowest BCUT2D eigenvalue weighted by atomic mass is 10.1. The summed E-state index contributed by atoms with van der Waals surface area (Å²) in [5.74, 6) is 1.36. The van der Waals surface area contributed by atoms with Crippen LogP contribution in [0.2, 0.25) is 0 Å². The second-order valence-electron chi connectivity index (χ2n) is 5.38. The number of amides is 1. The minimum absolute atomic E-state index is 0.00371. The summed E-state index contributed by atoms with van der Waals surface area (Å²) in [7, 11) is 0. The molecule has 19 heavy (non-hydrogen) atoms. The maximum Gasteiger partial charge on any atom is 0.304 e. The molecule has 1 saturated heterocycles. The van der Waals surface area contributed by atoms with Gasteiger partial charge in [-0.3, -0.25) is 14.5 Å². The molecular formula is C13H24N2O3S. The summed E-state index contributed by atoms with van der Waals surface area (Å²) < 4.78 is 0. The Balaban J connectivity index is 2.57. The van der Waals surface area contributed by atoms with E-state index in [4.69, 9.17) is 5.11 Å². The lowest BCUT2D eigenvalue weighted by Crippen LogP contribution is -2.54. The predicted octanol–water partition coefficient (Wildman–Crippen LogP) is 1.04. The first kappa shape index (κ1) is 16.3. The molecule has 0 aliphatic carbocycles. The van der Waals surface area contributed by atoms with Crippen LogP contribution in [0.4, 0.5) is 0 Å². The molecule has 0 spiro atoms. The highest BCUT2D eigenvalue weighted by Gasteiger charge is 2.31. The molecule has 0 saturated carbocycles. The largest absolute Gasteiger partial charge is 0.481 e. The highest BCUT2D eigenvalue weighted by molar-refractivity contribution is 7.99. The molecule has 1 aliphatic heterocycles. The van der Waals surface area contributed by atoms with E-state index in [1.165, 1.54) is 0 Å². The zero-order chi connectivity index (χ0) is 14.4. The third-order valence-corrected chi connectivity index (χ3v) is 4.34. The summed E-state index contributed by atoms with van der Waals surface area (Å²) in [5.41, 5.74) is 0. The first-order valence-electron chi connectivity index (χ1n) is 6.74. The van der Waals surface area contributed by atoms with Crippen LogP contribution in [0.15, 0.2) is 0 Å². The SMILES string of the molecule is CC(C)CNC(=O)C(C)N1CCSCC1CC(=O)O. The Morgan fingerprint density at radius 2 is 2.11 bits per heavy atom. The number of carboxylic acid groups (broad SMARTS) is 1. The van der Waals surface area contributed by atoms with Gasteiger partial charge in [0.05, 0.1) is 12.5 Å². The van der Waals surface area contributed by atoms with E-state index in [1.807, 2.05) is 11.8 Å². The van der Waals surface area contributed by atoms with E-state index in [9.17, 15) is 9.59 Å². The van der Waals surface area contributed by atoms with Crippen molar-refractivity contribution in [1.82, 2.24) is 10.2 Å². The molecule has 2 atom stereocenters. The second-order valence-corrected chi connectivity index (χ2v) is 6.53. The Morgan fingerprint density at radius 1 is 1.42 bits per heavy atom. The summed E-state index contributed by atoms with van der Waals surface area (Å²) in [6.07, 6.45) is 0.106. The summed E-state index contributed by atoms with van der Waals surface area (Å²) in [6.45, 7) is 7.40. The van der Waals surface area contributed by atoms with E-state index >= 15 is 0 Å². The maximum absolute atomic E-state index is 12.1. The van der Waals surface area contributed by atoms with Crippen LogP contribution in [-0.2, 0) is 9.59 Å². The number of hydrogen-bond acceptors (Lipinski definition) is 4. The van der Waals surface area contributed by atoms with Crippen molar-refractivity contribution in [3.8, 4) is 0 Å². The number of thioether (sulfide) groups is 1. The molecule has 0 aromatic heterocycles. The van der Waals surface area contributed by atoms with Gasteiger partial charge in [0.25, 0.3) is 0 Å². The van der Waals surface area contributed by atoms with Crippen molar-refractivity contribution in [2.75, 3.05) is 24.6 Å². The monoisotopic (exact) mass is 288 g/mol. The highest BCUT2D eigenvalue weighted by Crippen LogP contribution is 2.21.